The fraction of sp³-hybridized carbons (Fsp3) is 0.100. The van der Waals surface area contributed by atoms with Crippen LogP contribution in [0.1, 0.15) is 15.9 Å². The van der Waals surface area contributed by atoms with Gasteiger partial charge in [-0.05, 0) is 35.4 Å². The van der Waals surface area contributed by atoms with Gasteiger partial charge in [0.05, 0.1) is 30.0 Å². The van der Waals surface area contributed by atoms with Crippen LogP contribution in [0.25, 0.3) is 22.0 Å². The van der Waals surface area contributed by atoms with Gasteiger partial charge in [-0.25, -0.2) is 4.98 Å². The van der Waals surface area contributed by atoms with E-state index in [4.69, 9.17) is 11.6 Å². The molecule has 140 valence electrons. The van der Waals surface area contributed by atoms with E-state index in [1.807, 2.05) is 18.2 Å². The van der Waals surface area contributed by atoms with Gasteiger partial charge in [-0.15, -0.1) is 0 Å². The lowest BCUT2D eigenvalue weighted by molar-refractivity contribution is 0.0963. The molecule has 2 aromatic carbocycles. The summed E-state index contributed by atoms with van der Waals surface area (Å²) in [6, 6.07) is 12.5. The number of H-pyrrole nitrogens is 1. The van der Waals surface area contributed by atoms with Crippen molar-refractivity contribution in [3.8, 4) is 11.1 Å². The second kappa shape index (κ2) is 7.28. The van der Waals surface area contributed by atoms with E-state index in [2.05, 4.69) is 20.5 Å². The molecule has 0 aliphatic rings. The molecule has 0 saturated carbocycles. The molecule has 0 unspecified atom stereocenters. The van der Waals surface area contributed by atoms with Gasteiger partial charge in [-0.2, -0.15) is 5.10 Å². The third kappa shape index (κ3) is 3.27. The Hall–Kier alpha value is -3.45. The highest BCUT2D eigenvalue weighted by molar-refractivity contribution is 6.32. The minimum absolute atomic E-state index is 0.153. The lowest BCUT2D eigenvalue weighted by Gasteiger charge is -2.09. The standard InChI is InChI=1S/C20H16ClN5O2/c1-22-19(27)14-4-2-3-12(7-14)10-26-11-23-17-8-13(5-6-15(17)20(26)28)16-9-24-25-18(16)21/h2-9,11H,10H2,1H3,(H,22,27)(H,24,25). The van der Waals surface area contributed by atoms with Gasteiger partial charge < -0.3 is 5.32 Å². The Kier molecular flexibility index (Phi) is 4.67. The zero-order chi connectivity index (χ0) is 19.7. The van der Waals surface area contributed by atoms with Crippen LogP contribution in [0.15, 0.2) is 59.8 Å². The molecule has 2 N–H and O–H groups in total. The molecule has 0 aliphatic heterocycles. The van der Waals surface area contributed by atoms with E-state index in [1.165, 1.54) is 10.9 Å². The normalized spacial score (nSPS) is 10.9. The summed E-state index contributed by atoms with van der Waals surface area (Å²) >= 11 is 6.08. The number of halogens is 1. The fourth-order valence-electron chi connectivity index (χ4n) is 3.06. The molecular formula is C20H16ClN5O2. The van der Waals surface area contributed by atoms with Crippen molar-refractivity contribution in [3.63, 3.8) is 0 Å². The Balaban J connectivity index is 1.70. The number of nitrogens with zero attached hydrogens (tertiary/aromatic N) is 3. The number of hydrogen-bond donors (Lipinski definition) is 2. The third-order valence-electron chi connectivity index (χ3n) is 4.50. The van der Waals surface area contributed by atoms with Crippen molar-refractivity contribution >= 4 is 28.4 Å². The van der Waals surface area contributed by atoms with Crippen LogP contribution in [-0.2, 0) is 6.54 Å². The third-order valence-corrected chi connectivity index (χ3v) is 4.79. The number of nitrogens with one attached hydrogen (secondary N) is 2. The lowest BCUT2D eigenvalue weighted by atomic mass is 10.1. The zero-order valence-electron chi connectivity index (χ0n) is 14.9. The van der Waals surface area contributed by atoms with E-state index in [-0.39, 0.29) is 11.5 Å². The second-order valence-electron chi connectivity index (χ2n) is 6.29. The zero-order valence-corrected chi connectivity index (χ0v) is 15.7. The molecule has 7 nitrogen and oxygen atoms in total. The molecule has 0 spiro atoms. The number of hydrogen-bond acceptors (Lipinski definition) is 4. The van der Waals surface area contributed by atoms with Gasteiger partial charge in [0, 0.05) is 18.2 Å². The monoisotopic (exact) mass is 393 g/mol. The highest BCUT2D eigenvalue weighted by Crippen LogP contribution is 2.27. The highest BCUT2D eigenvalue weighted by Gasteiger charge is 2.10. The van der Waals surface area contributed by atoms with Crippen LogP contribution < -0.4 is 10.9 Å². The highest BCUT2D eigenvalue weighted by atomic mass is 35.5. The number of carbonyl (C=O) groups excluding carboxylic acids is 1. The number of carbonyl (C=O) groups is 1. The van der Waals surface area contributed by atoms with Gasteiger partial charge in [0.1, 0.15) is 5.15 Å². The number of benzene rings is 2. The first-order valence-electron chi connectivity index (χ1n) is 8.56. The summed E-state index contributed by atoms with van der Waals surface area (Å²) in [5.74, 6) is -0.170. The molecular weight excluding hydrogens is 378 g/mol. The maximum Gasteiger partial charge on any atom is 0.261 e. The SMILES string of the molecule is CNC(=O)c1cccc(Cn2cnc3cc(-c4cn[nH]c4Cl)ccc3c2=O)c1. The molecule has 28 heavy (non-hydrogen) atoms. The van der Waals surface area contributed by atoms with Crippen LogP contribution in [-0.4, -0.2) is 32.7 Å². The van der Waals surface area contributed by atoms with Gasteiger partial charge in [0.25, 0.3) is 11.5 Å². The van der Waals surface area contributed by atoms with Crippen LogP contribution in [0.4, 0.5) is 0 Å². The maximum atomic E-state index is 12.9. The number of aromatic amines is 1. The summed E-state index contributed by atoms with van der Waals surface area (Å²) in [4.78, 5) is 29.1. The first-order valence-corrected chi connectivity index (χ1v) is 8.94. The van der Waals surface area contributed by atoms with Gasteiger partial charge in [-0.1, -0.05) is 29.8 Å². The van der Waals surface area contributed by atoms with Gasteiger partial charge >= 0.3 is 0 Å². The molecule has 0 fully saturated rings. The van der Waals surface area contributed by atoms with Crippen molar-refractivity contribution in [2.24, 2.45) is 0 Å². The number of amides is 1. The molecule has 0 atom stereocenters. The van der Waals surface area contributed by atoms with E-state index in [1.54, 1.807) is 37.5 Å². The predicted octanol–water partition coefficient (Wildman–Crippen LogP) is 2.85. The minimum atomic E-state index is -0.170. The van der Waals surface area contributed by atoms with E-state index >= 15 is 0 Å². The topological polar surface area (TPSA) is 92.7 Å². The number of rotatable bonds is 4. The Morgan fingerprint density at radius 2 is 2.11 bits per heavy atom. The molecule has 4 aromatic rings. The summed E-state index contributed by atoms with van der Waals surface area (Å²) < 4.78 is 1.52. The van der Waals surface area contributed by atoms with Crippen LogP contribution >= 0.6 is 11.6 Å². The van der Waals surface area contributed by atoms with Crippen molar-refractivity contribution < 1.29 is 4.79 Å². The Morgan fingerprint density at radius 1 is 1.25 bits per heavy atom. The smallest absolute Gasteiger partial charge is 0.261 e. The van der Waals surface area contributed by atoms with Crippen LogP contribution in [0.5, 0.6) is 0 Å². The van der Waals surface area contributed by atoms with E-state index in [9.17, 15) is 9.59 Å². The maximum absolute atomic E-state index is 12.9. The van der Waals surface area contributed by atoms with Crippen molar-refractivity contribution in [1.82, 2.24) is 25.1 Å². The second-order valence-corrected chi connectivity index (χ2v) is 6.66. The first kappa shape index (κ1) is 17.9. The predicted molar refractivity (Wildman–Crippen MR) is 108 cm³/mol. The summed E-state index contributed by atoms with van der Waals surface area (Å²) in [6.07, 6.45) is 3.14. The van der Waals surface area contributed by atoms with Crippen LogP contribution in [0.3, 0.4) is 0 Å². The van der Waals surface area contributed by atoms with Crippen molar-refractivity contribution in [3.05, 3.63) is 81.6 Å². The minimum Gasteiger partial charge on any atom is -0.355 e. The summed E-state index contributed by atoms with van der Waals surface area (Å²) in [7, 11) is 1.58. The molecule has 2 heterocycles. The van der Waals surface area contributed by atoms with Crippen molar-refractivity contribution in [2.75, 3.05) is 7.05 Å². The molecule has 0 bridgehead atoms. The molecule has 0 radical (unpaired) electrons. The summed E-state index contributed by atoms with van der Waals surface area (Å²) in [6.45, 7) is 0.321. The van der Waals surface area contributed by atoms with Gasteiger partial charge in [-0.3, -0.25) is 19.3 Å². The molecule has 8 heteroatoms. The average Bonchev–Trinajstić information content (AvgIpc) is 3.15. The Bertz CT molecular complexity index is 1240. The number of fused-ring (bicyclic) bond motifs is 1. The van der Waals surface area contributed by atoms with Crippen LogP contribution in [0.2, 0.25) is 5.15 Å². The Labute approximate surface area is 165 Å². The van der Waals surface area contributed by atoms with E-state index in [0.717, 1.165) is 16.7 Å². The molecule has 1 amide bonds. The molecule has 0 saturated heterocycles. The molecule has 0 aliphatic carbocycles. The summed E-state index contributed by atoms with van der Waals surface area (Å²) in [5, 5.41) is 10.1. The van der Waals surface area contributed by atoms with Crippen LogP contribution in [0, 0.1) is 0 Å². The van der Waals surface area contributed by atoms with E-state index < -0.39 is 0 Å². The van der Waals surface area contributed by atoms with Gasteiger partial charge in [0.2, 0.25) is 0 Å². The van der Waals surface area contributed by atoms with E-state index in [0.29, 0.717) is 28.2 Å². The summed E-state index contributed by atoms with van der Waals surface area (Å²) in [5.41, 5.74) is 3.39. The first-order chi connectivity index (χ1) is 13.6. The average molecular weight is 394 g/mol. The molecule has 4 rings (SSSR count). The van der Waals surface area contributed by atoms with Crippen molar-refractivity contribution in [1.29, 1.82) is 0 Å². The Morgan fingerprint density at radius 3 is 2.86 bits per heavy atom. The van der Waals surface area contributed by atoms with Gasteiger partial charge in [0.15, 0.2) is 0 Å². The fourth-order valence-corrected chi connectivity index (χ4v) is 3.27. The quantitative estimate of drug-likeness (QED) is 0.557. The van der Waals surface area contributed by atoms with Crippen molar-refractivity contribution in [2.45, 2.75) is 6.54 Å². The largest absolute Gasteiger partial charge is 0.355 e. The molecule has 2 aromatic heterocycles. The number of aromatic nitrogens is 4. The lowest BCUT2D eigenvalue weighted by Crippen LogP contribution is -2.22.